The first-order valence-electron chi connectivity index (χ1n) is 5.84. The number of carbonyl (C=O) groups excluding carboxylic acids is 2. The van der Waals surface area contributed by atoms with E-state index >= 15 is 0 Å². The van der Waals surface area contributed by atoms with E-state index < -0.39 is 30.1 Å². The molecule has 0 fully saturated rings. The molecule has 10 nitrogen and oxygen atoms in total. The van der Waals surface area contributed by atoms with Crippen molar-refractivity contribution in [2.75, 3.05) is 27.4 Å². The minimum absolute atomic E-state index is 0.194. The van der Waals surface area contributed by atoms with Crippen LogP contribution in [0.3, 0.4) is 0 Å². The first-order chi connectivity index (χ1) is 10.3. The van der Waals surface area contributed by atoms with Gasteiger partial charge in [0.1, 0.15) is 6.61 Å². The van der Waals surface area contributed by atoms with Gasteiger partial charge in [-0.15, -0.1) is 0 Å². The number of nitrogens with zero attached hydrogens (tertiary/aromatic N) is 2. The highest BCUT2D eigenvalue weighted by molar-refractivity contribution is 5.71. The van der Waals surface area contributed by atoms with Crippen molar-refractivity contribution in [1.82, 2.24) is 4.98 Å². The van der Waals surface area contributed by atoms with Gasteiger partial charge in [0, 0.05) is 12.3 Å². The van der Waals surface area contributed by atoms with Crippen LogP contribution < -0.4 is 4.74 Å². The Bertz CT molecular complexity index is 526. The number of pyridine rings is 1. The van der Waals surface area contributed by atoms with Crippen molar-refractivity contribution in [2.24, 2.45) is 0 Å². The number of nitro groups is 1. The molecule has 1 aromatic heterocycles. The highest BCUT2D eigenvalue weighted by Crippen LogP contribution is 2.24. The number of carbonyl (C=O) groups is 2. The van der Waals surface area contributed by atoms with E-state index in [9.17, 15) is 19.7 Å². The standard InChI is InChI=1S/C9H10N2O5.C3H6O3/c1-6-3-7(11(13)14)9(10-4-6)16-5-8(12)15-2;1-6-3(5)2-4/h3-4H,5H2,1-2H3;4H,2H2,1H3. The van der Waals surface area contributed by atoms with Crippen LogP contribution in [-0.4, -0.2) is 54.4 Å². The molecule has 0 unspecified atom stereocenters. The Kier molecular flexibility index (Phi) is 8.79. The Labute approximate surface area is 125 Å². The topological polar surface area (TPSA) is 138 Å². The number of rotatable bonds is 5. The molecule has 0 aliphatic rings. The van der Waals surface area contributed by atoms with Crippen LogP contribution in [0.1, 0.15) is 5.56 Å². The number of methoxy groups -OCH3 is 2. The van der Waals surface area contributed by atoms with Gasteiger partial charge in [-0.3, -0.25) is 10.1 Å². The summed E-state index contributed by atoms with van der Waals surface area (Å²) in [6.45, 7) is 0.730. The SMILES string of the molecule is COC(=O)CO.COC(=O)COc1ncc(C)cc1[N+](=O)[O-]. The Morgan fingerprint density at radius 2 is 1.91 bits per heavy atom. The number of aryl methyl sites for hydroxylation is 1. The fourth-order valence-electron chi connectivity index (χ4n) is 1.03. The maximum absolute atomic E-state index is 10.8. The fourth-order valence-corrected chi connectivity index (χ4v) is 1.03. The third-order valence-corrected chi connectivity index (χ3v) is 2.08. The molecule has 122 valence electrons. The summed E-state index contributed by atoms with van der Waals surface area (Å²) < 4.78 is 13.2. The second kappa shape index (κ2) is 10.0. The van der Waals surface area contributed by atoms with Crippen molar-refractivity contribution >= 4 is 17.6 Å². The lowest BCUT2D eigenvalue weighted by Gasteiger charge is -2.04. The number of ether oxygens (including phenoxy) is 3. The van der Waals surface area contributed by atoms with E-state index in [0.29, 0.717) is 5.56 Å². The lowest BCUT2D eigenvalue weighted by atomic mass is 10.3. The summed E-state index contributed by atoms with van der Waals surface area (Å²) in [5.41, 5.74) is 0.362. The molecule has 0 saturated heterocycles. The quantitative estimate of drug-likeness (QED) is 0.451. The van der Waals surface area contributed by atoms with Crippen LogP contribution in [-0.2, 0) is 19.1 Å². The third kappa shape index (κ3) is 7.14. The molecule has 0 spiro atoms. The molecule has 0 aliphatic heterocycles. The number of aromatic nitrogens is 1. The first-order valence-corrected chi connectivity index (χ1v) is 5.84. The van der Waals surface area contributed by atoms with Crippen molar-refractivity contribution in [2.45, 2.75) is 6.92 Å². The van der Waals surface area contributed by atoms with E-state index in [0.717, 1.165) is 0 Å². The monoisotopic (exact) mass is 316 g/mol. The van der Waals surface area contributed by atoms with E-state index in [1.54, 1.807) is 6.92 Å². The molecule has 0 aromatic carbocycles. The van der Waals surface area contributed by atoms with E-state index in [4.69, 9.17) is 9.84 Å². The zero-order valence-electron chi connectivity index (χ0n) is 12.3. The predicted octanol–water partition coefficient (Wildman–Crippen LogP) is 0.00172. The molecule has 1 rings (SSSR count). The minimum Gasteiger partial charge on any atom is -0.467 e. The Morgan fingerprint density at radius 3 is 2.32 bits per heavy atom. The van der Waals surface area contributed by atoms with Gasteiger partial charge in [0.15, 0.2) is 6.61 Å². The molecular weight excluding hydrogens is 300 g/mol. The van der Waals surface area contributed by atoms with E-state index in [-0.39, 0.29) is 11.6 Å². The Hall–Kier alpha value is -2.75. The summed E-state index contributed by atoms with van der Waals surface area (Å²) in [7, 11) is 2.42. The predicted molar refractivity (Wildman–Crippen MR) is 72.2 cm³/mol. The van der Waals surface area contributed by atoms with Crippen LogP contribution in [0.5, 0.6) is 5.88 Å². The summed E-state index contributed by atoms with van der Waals surface area (Å²) in [4.78, 5) is 34.3. The molecule has 0 aliphatic carbocycles. The number of hydrogen-bond acceptors (Lipinski definition) is 9. The maximum Gasteiger partial charge on any atom is 0.343 e. The number of aliphatic hydroxyl groups is 1. The normalized spacial score (nSPS) is 9.09. The van der Waals surface area contributed by atoms with Crippen molar-refractivity contribution in [3.63, 3.8) is 0 Å². The fraction of sp³-hybridized carbons (Fsp3) is 0.417. The van der Waals surface area contributed by atoms with Gasteiger partial charge < -0.3 is 19.3 Å². The highest BCUT2D eigenvalue weighted by atomic mass is 16.6. The van der Waals surface area contributed by atoms with Gasteiger partial charge in [-0.25, -0.2) is 14.6 Å². The molecule has 10 heteroatoms. The lowest BCUT2D eigenvalue weighted by Crippen LogP contribution is -2.14. The zero-order chi connectivity index (χ0) is 17.1. The summed E-state index contributed by atoms with van der Waals surface area (Å²) in [5, 5.41) is 18.5. The summed E-state index contributed by atoms with van der Waals surface area (Å²) in [6, 6.07) is 1.32. The highest BCUT2D eigenvalue weighted by Gasteiger charge is 2.18. The molecule has 0 saturated carbocycles. The van der Waals surface area contributed by atoms with E-state index in [2.05, 4.69) is 14.5 Å². The van der Waals surface area contributed by atoms with E-state index in [1.807, 2.05) is 0 Å². The molecule has 0 amide bonds. The molecule has 1 aromatic rings. The molecule has 0 bridgehead atoms. The van der Waals surface area contributed by atoms with Gasteiger partial charge in [0.2, 0.25) is 0 Å². The summed E-state index contributed by atoms with van der Waals surface area (Å²) >= 11 is 0. The van der Waals surface area contributed by atoms with E-state index in [1.165, 1.54) is 26.5 Å². The molecule has 22 heavy (non-hydrogen) atoms. The van der Waals surface area contributed by atoms with Crippen LogP contribution in [0, 0.1) is 17.0 Å². The second-order valence-corrected chi connectivity index (χ2v) is 3.69. The van der Waals surface area contributed by atoms with Crippen molar-refractivity contribution in [3.8, 4) is 5.88 Å². The van der Waals surface area contributed by atoms with Gasteiger partial charge in [-0.2, -0.15) is 0 Å². The Balaban J connectivity index is 0.000000626. The van der Waals surface area contributed by atoms with Gasteiger partial charge in [0.25, 0.3) is 5.88 Å². The largest absolute Gasteiger partial charge is 0.467 e. The molecule has 1 heterocycles. The molecule has 0 atom stereocenters. The van der Waals surface area contributed by atoms with Crippen molar-refractivity contribution in [3.05, 3.63) is 27.9 Å². The summed E-state index contributed by atoms with van der Waals surface area (Å²) in [5.74, 6) is -1.42. The first kappa shape index (κ1) is 19.2. The van der Waals surface area contributed by atoms with Gasteiger partial charge in [-0.1, -0.05) is 0 Å². The summed E-state index contributed by atoms with van der Waals surface area (Å²) in [6.07, 6.45) is 1.42. The number of aliphatic hydroxyl groups excluding tert-OH is 1. The van der Waals surface area contributed by atoms with Crippen LogP contribution in [0.4, 0.5) is 5.69 Å². The maximum atomic E-state index is 10.8. The average molecular weight is 316 g/mol. The van der Waals surface area contributed by atoms with Gasteiger partial charge in [-0.05, 0) is 12.5 Å². The van der Waals surface area contributed by atoms with Gasteiger partial charge in [0.05, 0.1) is 19.1 Å². The molecular formula is C12H16N2O8. The Morgan fingerprint density at radius 1 is 1.32 bits per heavy atom. The van der Waals surface area contributed by atoms with Crippen LogP contribution in [0.2, 0.25) is 0 Å². The van der Waals surface area contributed by atoms with Gasteiger partial charge >= 0.3 is 17.6 Å². The zero-order valence-corrected chi connectivity index (χ0v) is 12.3. The smallest absolute Gasteiger partial charge is 0.343 e. The molecule has 0 radical (unpaired) electrons. The lowest BCUT2D eigenvalue weighted by molar-refractivity contribution is -0.386. The minimum atomic E-state index is -0.628. The second-order valence-electron chi connectivity index (χ2n) is 3.69. The molecule has 1 N–H and O–H groups in total. The average Bonchev–Trinajstić information content (AvgIpc) is 2.52. The van der Waals surface area contributed by atoms with Crippen LogP contribution in [0.25, 0.3) is 0 Å². The van der Waals surface area contributed by atoms with Crippen LogP contribution >= 0.6 is 0 Å². The number of esters is 2. The van der Waals surface area contributed by atoms with Crippen molar-refractivity contribution < 1.29 is 33.8 Å². The van der Waals surface area contributed by atoms with Crippen molar-refractivity contribution in [1.29, 1.82) is 0 Å². The third-order valence-electron chi connectivity index (χ3n) is 2.08. The van der Waals surface area contributed by atoms with Crippen LogP contribution in [0.15, 0.2) is 12.3 Å². The number of hydrogen-bond donors (Lipinski definition) is 1.